The van der Waals surface area contributed by atoms with E-state index in [0.717, 1.165) is 0 Å². The Balaban J connectivity index is 2.72. The molecule has 0 spiro atoms. The lowest BCUT2D eigenvalue weighted by molar-refractivity contribution is -0.128. The van der Waals surface area contributed by atoms with E-state index < -0.39 is 0 Å². The number of hydrogen-bond donors (Lipinski definition) is 2. The molecule has 1 rings (SSSR count). The predicted octanol–water partition coefficient (Wildman–Crippen LogP) is 2.39. The number of rotatable bonds is 1. The van der Waals surface area contributed by atoms with Gasteiger partial charge in [-0.1, -0.05) is 13.8 Å². The van der Waals surface area contributed by atoms with E-state index in [4.69, 9.17) is 0 Å². The summed E-state index contributed by atoms with van der Waals surface area (Å²) < 4.78 is 0. The third-order valence-electron chi connectivity index (χ3n) is 2.66. The van der Waals surface area contributed by atoms with Gasteiger partial charge in [0.2, 0.25) is 5.91 Å². The fourth-order valence-corrected chi connectivity index (χ4v) is 1.95. The van der Waals surface area contributed by atoms with Crippen molar-refractivity contribution < 1.29 is 9.90 Å². The molecule has 1 atom stereocenters. The van der Waals surface area contributed by atoms with Crippen molar-refractivity contribution in [1.29, 1.82) is 0 Å². The maximum Gasteiger partial charge on any atom is 0.224 e. The van der Waals surface area contributed by atoms with Crippen LogP contribution in [0.2, 0.25) is 0 Å². The highest BCUT2D eigenvalue weighted by Crippen LogP contribution is 2.40. The zero-order valence-electron chi connectivity index (χ0n) is 10.2. The van der Waals surface area contributed by atoms with Crippen LogP contribution in [0.25, 0.3) is 0 Å². The largest absolute Gasteiger partial charge is 0.513 e. The van der Waals surface area contributed by atoms with E-state index in [1.807, 2.05) is 34.6 Å². The second-order valence-corrected chi connectivity index (χ2v) is 5.95. The summed E-state index contributed by atoms with van der Waals surface area (Å²) in [6.45, 7) is 9.83. The summed E-state index contributed by atoms with van der Waals surface area (Å²) >= 11 is 0. The molecule has 1 aliphatic rings. The van der Waals surface area contributed by atoms with Crippen LogP contribution >= 0.6 is 0 Å². The molecular formula is C12H21NO2. The molecule has 0 aliphatic heterocycles. The van der Waals surface area contributed by atoms with Gasteiger partial charge in [0.15, 0.2) is 0 Å². The van der Waals surface area contributed by atoms with Gasteiger partial charge in [-0.05, 0) is 32.3 Å². The maximum absolute atomic E-state index is 12.0. The van der Waals surface area contributed by atoms with E-state index in [-0.39, 0.29) is 22.8 Å². The molecule has 0 saturated heterocycles. The van der Waals surface area contributed by atoms with Gasteiger partial charge in [-0.2, -0.15) is 0 Å². The first kappa shape index (κ1) is 12.1. The topological polar surface area (TPSA) is 49.3 Å². The van der Waals surface area contributed by atoms with Crippen LogP contribution in [-0.4, -0.2) is 16.6 Å². The minimum atomic E-state index is -0.251. The summed E-state index contributed by atoms with van der Waals surface area (Å²) in [6, 6.07) is 0. The molecule has 2 N–H and O–H groups in total. The van der Waals surface area contributed by atoms with Crippen molar-refractivity contribution >= 4 is 5.91 Å². The van der Waals surface area contributed by atoms with Crippen molar-refractivity contribution in [2.45, 2.75) is 46.6 Å². The summed E-state index contributed by atoms with van der Waals surface area (Å²) in [5, 5.41) is 12.4. The van der Waals surface area contributed by atoms with E-state index in [2.05, 4.69) is 5.32 Å². The van der Waals surface area contributed by atoms with E-state index in [1.165, 1.54) is 0 Å². The Kier molecular flexibility index (Phi) is 2.85. The van der Waals surface area contributed by atoms with E-state index >= 15 is 0 Å². The second-order valence-electron chi connectivity index (χ2n) is 5.95. The number of nitrogens with one attached hydrogen (secondary N) is 1. The summed E-state index contributed by atoms with van der Waals surface area (Å²) in [7, 11) is 0. The molecule has 86 valence electrons. The smallest absolute Gasteiger partial charge is 0.224 e. The molecule has 0 aromatic carbocycles. The molecule has 3 nitrogen and oxygen atoms in total. The van der Waals surface area contributed by atoms with Crippen LogP contribution < -0.4 is 5.32 Å². The molecule has 0 radical (unpaired) electrons. The lowest BCUT2D eigenvalue weighted by atomic mass is 9.81. The van der Waals surface area contributed by atoms with Crippen molar-refractivity contribution in [3.63, 3.8) is 0 Å². The fourth-order valence-electron chi connectivity index (χ4n) is 1.95. The van der Waals surface area contributed by atoms with Crippen LogP contribution in [0.1, 0.15) is 41.0 Å². The van der Waals surface area contributed by atoms with Gasteiger partial charge in [0.05, 0.1) is 11.7 Å². The van der Waals surface area contributed by atoms with Crippen LogP contribution in [0.15, 0.2) is 11.8 Å². The molecule has 0 fully saturated rings. The highest BCUT2D eigenvalue weighted by molar-refractivity contribution is 5.81. The van der Waals surface area contributed by atoms with E-state index in [0.29, 0.717) is 12.2 Å². The highest BCUT2D eigenvalue weighted by atomic mass is 16.3. The van der Waals surface area contributed by atoms with Crippen molar-refractivity contribution in [2.24, 2.45) is 11.3 Å². The average Bonchev–Trinajstić information content (AvgIpc) is 2.20. The first-order valence-corrected chi connectivity index (χ1v) is 5.34. The Morgan fingerprint density at radius 1 is 1.53 bits per heavy atom. The third-order valence-corrected chi connectivity index (χ3v) is 2.66. The van der Waals surface area contributed by atoms with Crippen molar-refractivity contribution in [3.8, 4) is 0 Å². The second kappa shape index (κ2) is 3.54. The molecular weight excluding hydrogens is 190 g/mol. The normalized spacial score (nSPS) is 24.9. The molecule has 0 heterocycles. The summed E-state index contributed by atoms with van der Waals surface area (Å²) in [5.41, 5.74) is -0.467. The van der Waals surface area contributed by atoms with Crippen molar-refractivity contribution in [1.82, 2.24) is 5.32 Å². The fraction of sp³-hybridized carbons (Fsp3) is 0.750. The highest BCUT2D eigenvalue weighted by Gasteiger charge is 2.40. The minimum Gasteiger partial charge on any atom is -0.513 e. The third kappa shape index (κ3) is 2.98. The standard InChI is InChI=1S/C12H21NO2/c1-11(2,3)13-10(15)9-6-8(14)7-12(9,4)5/h7,9,14H,6H2,1-5H3,(H,13,15). The minimum absolute atomic E-state index is 0.0211. The molecule has 0 aromatic heterocycles. The molecule has 15 heavy (non-hydrogen) atoms. The number of hydrogen-bond acceptors (Lipinski definition) is 2. The number of amides is 1. The Labute approximate surface area is 91.6 Å². The first-order chi connectivity index (χ1) is 6.62. The number of aliphatic hydroxyl groups excluding tert-OH is 1. The van der Waals surface area contributed by atoms with Crippen LogP contribution in [0.4, 0.5) is 0 Å². The molecule has 0 saturated carbocycles. The quantitative estimate of drug-likeness (QED) is 0.699. The first-order valence-electron chi connectivity index (χ1n) is 5.34. The Bertz CT molecular complexity index is 297. The maximum atomic E-state index is 12.0. The summed E-state index contributed by atoms with van der Waals surface area (Å²) in [4.78, 5) is 12.0. The number of carbonyl (C=O) groups excluding carboxylic acids is 1. The van der Waals surface area contributed by atoms with Crippen LogP contribution in [0.5, 0.6) is 0 Å². The van der Waals surface area contributed by atoms with Gasteiger partial charge in [0, 0.05) is 12.0 Å². The zero-order chi connectivity index (χ0) is 11.9. The number of carbonyl (C=O) groups is 1. The monoisotopic (exact) mass is 211 g/mol. The summed E-state index contributed by atoms with van der Waals surface area (Å²) in [6.07, 6.45) is 2.23. The number of aliphatic hydroxyl groups is 1. The van der Waals surface area contributed by atoms with Crippen LogP contribution in [0.3, 0.4) is 0 Å². The average molecular weight is 211 g/mol. The van der Waals surface area contributed by atoms with Crippen molar-refractivity contribution in [2.75, 3.05) is 0 Å². The van der Waals surface area contributed by atoms with Gasteiger partial charge in [-0.3, -0.25) is 4.79 Å². The molecule has 3 heteroatoms. The zero-order valence-corrected chi connectivity index (χ0v) is 10.2. The van der Waals surface area contributed by atoms with Crippen molar-refractivity contribution in [3.05, 3.63) is 11.8 Å². The molecule has 0 aromatic rings. The molecule has 1 unspecified atom stereocenters. The Hall–Kier alpha value is -0.990. The van der Waals surface area contributed by atoms with E-state index in [1.54, 1.807) is 6.08 Å². The van der Waals surface area contributed by atoms with Gasteiger partial charge in [-0.25, -0.2) is 0 Å². The van der Waals surface area contributed by atoms with Crippen LogP contribution in [-0.2, 0) is 4.79 Å². The van der Waals surface area contributed by atoms with Gasteiger partial charge < -0.3 is 10.4 Å². The SMILES string of the molecule is CC(C)(C)NC(=O)C1CC(O)=CC1(C)C. The lowest BCUT2D eigenvalue weighted by Crippen LogP contribution is -2.46. The van der Waals surface area contributed by atoms with Gasteiger partial charge >= 0.3 is 0 Å². The molecule has 1 aliphatic carbocycles. The number of allylic oxidation sites excluding steroid dienone is 2. The Morgan fingerprint density at radius 2 is 2.07 bits per heavy atom. The van der Waals surface area contributed by atoms with Crippen LogP contribution in [0, 0.1) is 11.3 Å². The van der Waals surface area contributed by atoms with Gasteiger partial charge in [-0.15, -0.1) is 0 Å². The summed E-state index contributed by atoms with van der Waals surface area (Å²) in [5.74, 6) is 0.193. The Morgan fingerprint density at radius 3 is 2.40 bits per heavy atom. The molecule has 1 amide bonds. The molecule has 0 bridgehead atoms. The van der Waals surface area contributed by atoms with Gasteiger partial charge in [0.25, 0.3) is 0 Å². The van der Waals surface area contributed by atoms with Gasteiger partial charge in [0.1, 0.15) is 0 Å². The van der Waals surface area contributed by atoms with E-state index in [9.17, 15) is 9.90 Å². The predicted molar refractivity (Wildman–Crippen MR) is 60.5 cm³/mol. The lowest BCUT2D eigenvalue weighted by Gasteiger charge is -2.29.